The molecule has 0 aliphatic rings. The molecule has 0 fully saturated rings. The molecule has 404 valence electrons. The van der Waals surface area contributed by atoms with Gasteiger partial charge >= 0.3 is 18.3 Å². The molecule has 0 radical (unpaired) electrons. The summed E-state index contributed by atoms with van der Waals surface area (Å²) >= 11 is 16.5. The van der Waals surface area contributed by atoms with Crippen molar-refractivity contribution in [2.45, 2.75) is 53.1 Å². The van der Waals surface area contributed by atoms with E-state index in [-0.39, 0.29) is 74.9 Å². The fourth-order valence-electron chi connectivity index (χ4n) is 6.78. The van der Waals surface area contributed by atoms with E-state index in [0.29, 0.717) is 41.8 Å². The Kier molecular flexibility index (Phi) is 19.4. The number of nitrogens with one attached hydrogen (secondary N) is 3. The van der Waals surface area contributed by atoms with Crippen LogP contribution in [0.25, 0.3) is 11.6 Å². The van der Waals surface area contributed by atoms with Crippen LogP contribution in [-0.2, 0) is 25.4 Å². The molecule has 31 heteroatoms. The number of carbonyl (C=O) groups excluding carboxylic acids is 3. The van der Waals surface area contributed by atoms with Crippen molar-refractivity contribution in [1.82, 2.24) is 70.2 Å². The average molecular weight is 1340 g/mol. The van der Waals surface area contributed by atoms with Crippen LogP contribution < -0.4 is 21.7 Å². The molecule has 2 aromatic carbocycles. The summed E-state index contributed by atoms with van der Waals surface area (Å²) in [6, 6.07) is 16.0. The Labute approximate surface area is 469 Å². The number of halogens is 10. The van der Waals surface area contributed by atoms with Crippen LogP contribution in [0.5, 0.6) is 0 Å². The van der Waals surface area contributed by atoms with E-state index in [1.54, 1.807) is 50.2 Å². The molecule has 6 aromatic heterocycles. The molecule has 0 aliphatic carbocycles. The molecule has 0 saturated carbocycles. The first kappa shape index (κ1) is 59.0. The highest BCUT2D eigenvalue weighted by Crippen LogP contribution is 2.30. The normalized spacial score (nSPS) is 11.2. The molecule has 3 amide bonds. The third-order valence-corrected chi connectivity index (χ3v) is 12.0. The van der Waals surface area contributed by atoms with Crippen molar-refractivity contribution < 1.29 is 50.6 Å². The van der Waals surface area contributed by atoms with Gasteiger partial charge in [-0.3, -0.25) is 14.4 Å². The Morgan fingerprint density at radius 2 is 1.10 bits per heavy atom. The molecule has 21 nitrogen and oxygen atoms in total. The molecule has 0 unspecified atom stereocenters. The fourth-order valence-corrected chi connectivity index (χ4v) is 8.74. The zero-order chi connectivity index (χ0) is 56.5. The Bertz CT molecular complexity index is 3470. The molecular weight excluding hydrogens is 1300 g/mol. The summed E-state index contributed by atoms with van der Waals surface area (Å²) in [7, 11) is 0. The first-order chi connectivity index (χ1) is 36.3. The number of pyridine rings is 2. The highest BCUT2D eigenvalue weighted by Gasteiger charge is 2.36. The first-order valence-corrected chi connectivity index (χ1v) is 25.0. The standard InChI is InChI=1S/C23H19ClF3IN8O2.C13H8ClF3N6O2.C10H13IN2O/c1-3-29-21(37)15-8-13(28)7-12(2)19(15)31-22(38)17-9-14(10-35-11-18(32-34-35)23(25,26)27)33-36(17)20-16(24)5-4-6-30-20;14-8-2-1-3-18-11(8)23-9(12(24)25)4-7(20-23)5-22-6-10(19-21-22)13(15,16)17;1-3-13-10(14)8-5-7(11)4-6(2)9(8)12/h4-9,11H,3,10H2,1-2H3,(H,29,37)(H,31,38);1-4,6H,5H2,(H,24,25);4-5H,3,12H2,1-2H3,(H,13,14). The molecular formula is C46H40Cl2F6I2N16O5. The Hall–Kier alpha value is -7.26. The topological polar surface area (TPSA) is 273 Å². The van der Waals surface area contributed by atoms with Crippen molar-refractivity contribution in [2.75, 3.05) is 24.1 Å². The maximum Gasteiger partial charge on any atom is 0.436 e. The van der Waals surface area contributed by atoms with Gasteiger partial charge in [0.2, 0.25) is 0 Å². The number of alkyl halides is 6. The van der Waals surface area contributed by atoms with E-state index in [2.05, 4.69) is 102 Å². The van der Waals surface area contributed by atoms with Gasteiger partial charge in [-0.1, -0.05) is 33.6 Å². The van der Waals surface area contributed by atoms with Gasteiger partial charge in [0.1, 0.15) is 5.69 Å². The molecule has 0 saturated heterocycles. The molecule has 6 heterocycles. The highest BCUT2D eigenvalue weighted by atomic mass is 127. The molecule has 6 N–H and O–H groups in total. The molecule has 8 aromatic rings. The number of aromatic nitrogens is 12. The van der Waals surface area contributed by atoms with E-state index < -0.39 is 35.6 Å². The largest absolute Gasteiger partial charge is 0.477 e. The molecule has 77 heavy (non-hydrogen) atoms. The van der Waals surface area contributed by atoms with E-state index in [1.165, 1.54) is 35.3 Å². The smallest absolute Gasteiger partial charge is 0.436 e. The first-order valence-electron chi connectivity index (χ1n) is 22.1. The number of nitrogen functional groups attached to an aromatic ring is 1. The van der Waals surface area contributed by atoms with Crippen molar-refractivity contribution in [3.63, 3.8) is 0 Å². The minimum absolute atomic E-state index is 0.0171. The number of carbonyl (C=O) groups is 4. The number of aromatic carboxylic acids is 1. The number of carboxylic acid groups (broad SMARTS) is 1. The van der Waals surface area contributed by atoms with Crippen molar-refractivity contribution in [1.29, 1.82) is 0 Å². The van der Waals surface area contributed by atoms with Gasteiger partial charge in [0.15, 0.2) is 28.7 Å². The number of hydrogen-bond acceptors (Lipinski definition) is 13. The summed E-state index contributed by atoms with van der Waals surface area (Å²) in [6.45, 7) is 7.90. The number of rotatable bonds is 13. The van der Waals surface area contributed by atoms with Gasteiger partial charge in [-0.05, 0) is 145 Å². The van der Waals surface area contributed by atoms with Gasteiger partial charge in [-0.25, -0.2) is 33.5 Å². The van der Waals surface area contributed by atoms with E-state index in [4.69, 9.17) is 28.9 Å². The van der Waals surface area contributed by atoms with E-state index in [9.17, 15) is 50.6 Å². The SMILES string of the molecule is CCNC(=O)c1cc(I)cc(C)c1N.CCNC(=O)c1cc(I)cc(C)c1NC(=O)c1cc(Cn2cc(C(F)(F)F)nn2)nn1-c1ncccc1Cl.O=C(O)c1cc(Cn2cc(C(F)(F)F)nn2)nn1-c1ncccc1Cl. The van der Waals surface area contributed by atoms with Gasteiger partial charge < -0.3 is 26.8 Å². The second-order valence-corrected chi connectivity index (χ2v) is 19.2. The zero-order valence-electron chi connectivity index (χ0n) is 40.2. The number of nitrogens with zero attached hydrogens (tertiary/aromatic N) is 12. The van der Waals surface area contributed by atoms with Crippen molar-refractivity contribution in [2.24, 2.45) is 0 Å². The van der Waals surface area contributed by atoms with Crippen LogP contribution in [0, 0.1) is 21.0 Å². The summed E-state index contributed by atoms with van der Waals surface area (Å²) in [5.74, 6) is -2.19. The monoisotopic (exact) mass is 1330 g/mol. The number of aryl methyl sites for hydroxylation is 2. The predicted octanol–water partition coefficient (Wildman–Crippen LogP) is 8.70. The minimum Gasteiger partial charge on any atom is -0.477 e. The van der Waals surface area contributed by atoms with Gasteiger partial charge in [0.05, 0.1) is 63.7 Å². The van der Waals surface area contributed by atoms with Gasteiger partial charge in [0.25, 0.3) is 17.7 Å². The quantitative estimate of drug-likeness (QED) is 0.0410. The maximum atomic E-state index is 13.5. The summed E-state index contributed by atoms with van der Waals surface area (Å²) in [4.78, 5) is 57.4. The maximum absolute atomic E-state index is 13.5. The van der Waals surface area contributed by atoms with Crippen LogP contribution >= 0.6 is 68.4 Å². The van der Waals surface area contributed by atoms with Gasteiger partial charge in [0, 0.05) is 38.3 Å². The zero-order valence-corrected chi connectivity index (χ0v) is 46.0. The lowest BCUT2D eigenvalue weighted by Gasteiger charge is -2.15. The van der Waals surface area contributed by atoms with Crippen LogP contribution in [0.2, 0.25) is 10.0 Å². The Morgan fingerprint density at radius 3 is 1.55 bits per heavy atom. The average Bonchev–Trinajstić information content (AvgIpc) is 4.20. The van der Waals surface area contributed by atoms with E-state index in [0.717, 1.165) is 32.9 Å². The summed E-state index contributed by atoms with van der Waals surface area (Å²) in [5, 5.41) is 39.3. The number of amides is 3. The van der Waals surface area contributed by atoms with Crippen molar-refractivity contribution in [3.8, 4) is 11.6 Å². The number of benzene rings is 2. The number of hydrogen-bond donors (Lipinski definition) is 5. The predicted molar refractivity (Wildman–Crippen MR) is 284 cm³/mol. The van der Waals surface area contributed by atoms with Crippen LogP contribution in [0.3, 0.4) is 0 Å². The Morgan fingerprint density at radius 1 is 0.662 bits per heavy atom. The number of carboxylic acids is 1. The fraction of sp³-hybridized carbons (Fsp3) is 0.217. The second kappa shape index (κ2) is 25.3. The van der Waals surface area contributed by atoms with Gasteiger partial charge in [-0.2, -0.15) is 36.5 Å². The molecule has 0 spiro atoms. The lowest BCUT2D eigenvalue weighted by molar-refractivity contribution is -0.142. The molecule has 8 rings (SSSR count). The van der Waals surface area contributed by atoms with E-state index in [1.807, 2.05) is 19.9 Å². The molecule has 0 aliphatic heterocycles. The summed E-state index contributed by atoms with van der Waals surface area (Å²) in [6.07, 6.45) is -4.98. The van der Waals surface area contributed by atoms with Crippen LogP contribution in [-0.4, -0.2) is 101 Å². The summed E-state index contributed by atoms with van der Waals surface area (Å²) in [5.41, 5.74) is 6.89. The minimum atomic E-state index is -4.66. The second-order valence-electron chi connectivity index (χ2n) is 15.9. The lowest BCUT2D eigenvalue weighted by Crippen LogP contribution is -2.26. The lowest BCUT2D eigenvalue weighted by atomic mass is 10.1. The summed E-state index contributed by atoms with van der Waals surface area (Å²) < 4.78 is 82.3. The van der Waals surface area contributed by atoms with E-state index >= 15 is 0 Å². The van der Waals surface area contributed by atoms with Crippen LogP contribution in [0.15, 0.2) is 85.5 Å². The third kappa shape index (κ3) is 15.0. The third-order valence-electron chi connectivity index (χ3n) is 10.2. The van der Waals surface area contributed by atoms with Gasteiger partial charge in [-0.15, -0.1) is 10.2 Å². The highest BCUT2D eigenvalue weighted by molar-refractivity contribution is 14.1. The number of nitrogens with two attached hydrogens (primary N) is 1. The van der Waals surface area contributed by atoms with Crippen molar-refractivity contribution >= 4 is 103 Å². The Balaban J connectivity index is 0.000000210. The van der Waals surface area contributed by atoms with Crippen LogP contribution in [0.1, 0.15) is 89.4 Å². The molecule has 0 atom stereocenters. The van der Waals surface area contributed by atoms with Crippen molar-refractivity contribution in [3.05, 3.63) is 159 Å². The molecule has 0 bridgehead atoms. The number of anilines is 2. The van der Waals surface area contributed by atoms with Crippen LogP contribution in [0.4, 0.5) is 37.7 Å².